The largest absolute Gasteiger partial charge is 0.457 e. The van der Waals surface area contributed by atoms with Gasteiger partial charge in [0, 0.05) is 17.8 Å². The number of nitrogens with zero attached hydrogens (tertiary/aromatic N) is 2. The first-order valence-electron chi connectivity index (χ1n) is 7.69. The first-order chi connectivity index (χ1) is 12.6. The molecular weight excluding hydrogens is 373 g/mol. The average Bonchev–Trinajstić information content (AvgIpc) is 3.08. The molecular formula is C19H11Cl2N3O2. The van der Waals surface area contributed by atoms with Gasteiger partial charge in [-0.25, -0.2) is 4.98 Å². The maximum Gasteiger partial charge on any atom is 0.213 e. The van der Waals surface area contributed by atoms with E-state index < -0.39 is 0 Å². The number of halogens is 2. The molecule has 0 aliphatic heterocycles. The number of aromatic amines is 1. The minimum Gasteiger partial charge on any atom is -0.457 e. The highest BCUT2D eigenvalue weighted by atomic mass is 35.5. The Morgan fingerprint density at radius 1 is 0.962 bits per heavy atom. The van der Waals surface area contributed by atoms with E-state index in [1.54, 1.807) is 24.3 Å². The van der Waals surface area contributed by atoms with Crippen LogP contribution in [0.25, 0.3) is 11.0 Å². The molecule has 0 bridgehead atoms. The maximum absolute atomic E-state index is 12.9. The zero-order valence-electron chi connectivity index (χ0n) is 13.2. The second-order valence-corrected chi connectivity index (χ2v) is 6.29. The number of para-hydroxylation sites is 1. The van der Waals surface area contributed by atoms with Crippen LogP contribution in [0.2, 0.25) is 10.0 Å². The molecule has 7 heteroatoms. The standard InChI is InChI=1S/C19H11Cl2N3O2/c20-14-8-9-22-19-16(14)17(23-24-19)18(25)13-7-6-12(10-15(13)21)26-11-4-2-1-3-5-11/h1-10H,(H,22,23,24). The number of ketones is 1. The van der Waals surface area contributed by atoms with Crippen LogP contribution in [-0.4, -0.2) is 21.0 Å². The van der Waals surface area contributed by atoms with Crippen LogP contribution in [0, 0.1) is 0 Å². The van der Waals surface area contributed by atoms with Gasteiger partial charge in [-0.05, 0) is 30.3 Å². The Bertz CT molecular complexity index is 1110. The Morgan fingerprint density at radius 2 is 1.77 bits per heavy atom. The molecule has 0 unspecified atom stereocenters. The van der Waals surface area contributed by atoms with E-state index in [4.69, 9.17) is 27.9 Å². The average molecular weight is 384 g/mol. The molecule has 0 saturated carbocycles. The molecule has 0 radical (unpaired) electrons. The van der Waals surface area contributed by atoms with Crippen molar-refractivity contribution in [2.75, 3.05) is 0 Å². The number of rotatable bonds is 4. The number of pyridine rings is 1. The quantitative estimate of drug-likeness (QED) is 0.486. The van der Waals surface area contributed by atoms with Gasteiger partial charge in [-0.1, -0.05) is 41.4 Å². The zero-order chi connectivity index (χ0) is 18.1. The van der Waals surface area contributed by atoms with Crippen LogP contribution in [-0.2, 0) is 0 Å². The first-order valence-corrected chi connectivity index (χ1v) is 8.45. The van der Waals surface area contributed by atoms with Crippen molar-refractivity contribution in [3.05, 3.63) is 82.1 Å². The second kappa shape index (κ2) is 6.78. The number of carbonyl (C=O) groups is 1. The summed E-state index contributed by atoms with van der Waals surface area (Å²) in [5, 5.41) is 7.86. The molecule has 2 aromatic heterocycles. The third-order valence-corrected chi connectivity index (χ3v) is 4.42. The van der Waals surface area contributed by atoms with Gasteiger partial charge in [-0.15, -0.1) is 0 Å². The van der Waals surface area contributed by atoms with Crippen molar-refractivity contribution in [3.63, 3.8) is 0 Å². The number of fused-ring (bicyclic) bond motifs is 1. The van der Waals surface area contributed by atoms with Gasteiger partial charge >= 0.3 is 0 Å². The molecule has 0 spiro atoms. The second-order valence-electron chi connectivity index (χ2n) is 5.48. The van der Waals surface area contributed by atoms with Crippen molar-refractivity contribution in [2.24, 2.45) is 0 Å². The smallest absolute Gasteiger partial charge is 0.213 e. The lowest BCUT2D eigenvalue weighted by Crippen LogP contribution is -2.04. The summed E-state index contributed by atoms with van der Waals surface area (Å²) in [4.78, 5) is 17.0. The van der Waals surface area contributed by atoms with Crippen molar-refractivity contribution in [3.8, 4) is 11.5 Å². The molecule has 128 valence electrons. The van der Waals surface area contributed by atoms with E-state index in [-0.39, 0.29) is 16.5 Å². The number of hydrogen-bond donors (Lipinski definition) is 1. The summed E-state index contributed by atoms with van der Waals surface area (Å²) in [6.07, 6.45) is 1.53. The molecule has 0 fully saturated rings. The summed E-state index contributed by atoms with van der Waals surface area (Å²) in [6, 6.07) is 15.8. The maximum atomic E-state index is 12.9. The van der Waals surface area contributed by atoms with Crippen LogP contribution in [0.15, 0.2) is 60.8 Å². The van der Waals surface area contributed by atoms with E-state index in [0.717, 1.165) is 0 Å². The van der Waals surface area contributed by atoms with Gasteiger partial charge in [-0.3, -0.25) is 9.89 Å². The predicted octanol–water partition coefficient (Wildman–Crippen LogP) is 5.29. The summed E-state index contributed by atoms with van der Waals surface area (Å²) < 4.78 is 5.73. The molecule has 0 atom stereocenters. The van der Waals surface area contributed by atoms with Crippen LogP contribution >= 0.6 is 23.2 Å². The van der Waals surface area contributed by atoms with Crippen molar-refractivity contribution in [1.29, 1.82) is 0 Å². The fourth-order valence-electron chi connectivity index (χ4n) is 2.58. The third kappa shape index (κ3) is 3.03. The van der Waals surface area contributed by atoms with E-state index in [0.29, 0.717) is 33.1 Å². The van der Waals surface area contributed by atoms with Crippen LogP contribution in [0.1, 0.15) is 16.1 Å². The lowest BCUT2D eigenvalue weighted by Gasteiger charge is -2.08. The minimum atomic E-state index is -0.321. The Labute approximate surface area is 158 Å². The molecule has 0 aliphatic rings. The van der Waals surface area contributed by atoms with E-state index in [9.17, 15) is 4.79 Å². The highest BCUT2D eigenvalue weighted by Crippen LogP contribution is 2.30. The van der Waals surface area contributed by atoms with Gasteiger partial charge in [-0.2, -0.15) is 5.10 Å². The summed E-state index contributed by atoms with van der Waals surface area (Å²) in [6.45, 7) is 0. The number of benzene rings is 2. The van der Waals surface area contributed by atoms with Crippen LogP contribution in [0.4, 0.5) is 0 Å². The first kappa shape index (κ1) is 16.6. The van der Waals surface area contributed by atoms with Crippen molar-refractivity contribution >= 4 is 40.0 Å². The molecule has 4 rings (SSSR count). The molecule has 2 heterocycles. The van der Waals surface area contributed by atoms with Crippen LogP contribution in [0.5, 0.6) is 11.5 Å². The summed E-state index contributed by atoms with van der Waals surface area (Å²) >= 11 is 12.5. The number of aromatic nitrogens is 3. The van der Waals surface area contributed by atoms with E-state index >= 15 is 0 Å². The molecule has 26 heavy (non-hydrogen) atoms. The van der Waals surface area contributed by atoms with E-state index in [1.165, 1.54) is 6.20 Å². The fraction of sp³-hybridized carbons (Fsp3) is 0. The Balaban J connectivity index is 1.68. The zero-order valence-corrected chi connectivity index (χ0v) is 14.8. The molecule has 1 N–H and O–H groups in total. The lowest BCUT2D eigenvalue weighted by molar-refractivity contribution is 0.103. The normalized spacial score (nSPS) is 10.8. The highest BCUT2D eigenvalue weighted by molar-refractivity contribution is 6.38. The van der Waals surface area contributed by atoms with E-state index in [2.05, 4.69) is 15.2 Å². The summed E-state index contributed by atoms with van der Waals surface area (Å²) in [5.74, 6) is 0.894. The minimum absolute atomic E-state index is 0.247. The van der Waals surface area contributed by atoms with Gasteiger partial charge in [0.15, 0.2) is 5.65 Å². The van der Waals surface area contributed by atoms with Crippen molar-refractivity contribution in [1.82, 2.24) is 15.2 Å². The Morgan fingerprint density at radius 3 is 2.54 bits per heavy atom. The lowest BCUT2D eigenvalue weighted by atomic mass is 10.1. The molecule has 4 aromatic rings. The predicted molar refractivity (Wildman–Crippen MR) is 100 cm³/mol. The SMILES string of the molecule is O=C(c1ccc(Oc2ccccc2)cc1Cl)c1[nH]nc2nccc(Cl)c12. The molecule has 2 aromatic carbocycles. The number of carbonyl (C=O) groups excluding carboxylic acids is 1. The van der Waals surface area contributed by atoms with Gasteiger partial charge in [0.25, 0.3) is 0 Å². The fourth-order valence-corrected chi connectivity index (χ4v) is 3.07. The Hall–Kier alpha value is -2.89. The van der Waals surface area contributed by atoms with Crippen molar-refractivity contribution in [2.45, 2.75) is 0 Å². The van der Waals surface area contributed by atoms with Crippen LogP contribution in [0.3, 0.4) is 0 Å². The summed E-state index contributed by atoms with van der Waals surface area (Å²) in [5.41, 5.74) is 0.940. The number of ether oxygens (including phenoxy) is 1. The molecule has 0 amide bonds. The molecule has 0 saturated heterocycles. The number of nitrogens with one attached hydrogen (secondary N) is 1. The topological polar surface area (TPSA) is 67.9 Å². The number of H-pyrrole nitrogens is 1. The van der Waals surface area contributed by atoms with Gasteiger partial charge in [0.2, 0.25) is 5.78 Å². The summed E-state index contributed by atoms with van der Waals surface area (Å²) in [7, 11) is 0. The van der Waals surface area contributed by atoms with Crippen LogP contribution < -0.4 is 4.74 Å². The van der Waals surface area contributed by atoms with Gasteiger partial charge in [0.1, 0.15) is 17.2 Å². The molecule has 5 nitrogen and oxygen atoms in total. The van der Waals surface area contributed by atoms with E-state index in [1.807, 2.05) is 30.3 Å². The monoisotopic (exact) mass is 383 g/mol. The third-order valence-electron chi connectivity index (χ3n) is 3.79. The highest BCUT2D eigenvalue weighted by Gasteiger charge is 2.20. The molecule has 0 aliphatic carbocycles. The number of hydrogen-bond acceptors (Lipinski definition) is 4. The Kier molecular flexibility index (Phi) is 4.32. The van der Waals surface area contributed by atoms with Gasteiger partial charge < -0.3 is 4.74 Å². The van der Waals surface area contributed by atoms with Crippen molar-refractivity contribution < 1.29 is 9.53 Å². The van der Waals surface area contributed by atoms with Gasteiger partial charge in [0.05, 0.1) is 15.4 Å².